The van der Waals surface area contributed by atoms with Gasteiger partial charge in [-0.2, -0.15) is 0 Å². The number of halogens is 3. The highest BCUT2D eigenvalue weighted by Crippen LogP contribution is 2.11. The zero-order valence-corrected chi connectivity index (χ0v) is 10.4. The minimum atomic E-state index is -0.595. The summed E-state index contributed by atoms with van der Waals surface area (Å²) in [6.07, 6.45) is 2.06. The largest absolute Gasteiger partial charge is 0.300 e. The van der Waals surface area contributed by atoms with Gasteiger partial charge < -0.3 is 0 Å². The molecule has 0 saturated heterocycles. The average molecular weight is 291 g/mol. The van der Waals surface area contributed by atoms with Crippen LogP contribution >= 0.6 is 15.9 Å². The smallest absolute Gasteiger partial charge is 0.133 e. The lowest BCUT2D eigenvalue weighted by Gasteiger charge is -2.01. The molecule has 0 amide bonds. The highest BCUT2D eigenvalue weighted by atomic mass is 79.9. The fraction of sp³-hybridized carbons (Fsp3) is 0.417. The van der Waals surface area contributed by atoms with Gasteiger partial charge in [0.1, 0.15) is 17.4 Å². The van der Waals surface area contributed by atoms with E-state index in [1.807, 2.05) is 0 Å². The summed E-state index contributed by atoms with van der Waals surface area (Å²) in [6, 6.07) is 3.36. The van der Waals surface area contributed by atoms with Gasteiger partial charge in [0.15, 0.2) is 0 Å². The van der Waals surface area contributed by atoms with Crippen LogP contribution in [0.15, 0.2) is 18.2 Å². The van der Waals surface area contributed by atoms with Gasteiger partial charge in [-0.15, -0.1) is 0 Å². The second kappa shape index (κ2) is 6.74. The van der Waals surface area contributed by atoms with Crippen molar-refractivity contribution >= 4 is 21.7 Å². The number of alkyl halides is 1. The predicted octanol–water partition coefficient (Wildman–Crippen LogP) is 3.64. The molecule has 0 heterocycles. The summed E-state index contributed by atoms with van der Waals surface area (Å²) in [6.45, 7) is 0. The molecule has 4 heteroatoms. The number of rotatable bonds is 6. The first-order valence-corrected chi connectivity index (χ1v) is 6.26. The molecule has 0 spiro atoms. The van der Waals surface area contributed by atoms with E-state index < -0.39 is 11.6 Å². The van der Waals surface area contributed by atoms with Crippen molar-refractivity contribution < 1.29 is 13.6 Å². The van der Waals surface area contributed by atoms with Crippen LogP contribution in [0.25, 0.3) is 0 Å². The van der Waals surface area contributed by atoms with Crippen molar-refractivity contribution in [1.82, 2.24) is 0 Å². The summed E-state index contributed by atoms with van der Waals surface area (Å²) in [7, 11) is 0. The summed E-state index contributed by atoms with van der Waals surface area (Å²) < 4.78 is 25.6. The predicted molar refractivity (Wildman–Crippen MR) is 62.7 cm³/mol. The van der Waals surface area contributed by atoms with Gasteiger partial charge in [0.2, 0.25) is 0 Å². The molecule has 1 nitrogen and oxygen atoms in total. The Morgan fingerprint density at radius 2 is 1.75 bits per heavy atom. The topological polar surface area (TPSA) is 17.1 Å². The number of hydrogen-bond donors (Lipinski definition) is 0. The van der Waals surface area contributed by atoms with Crippen LogP contribution in [0.2, 0.25) is 0 Å². The zero-order chi connectivity index (χ0) is 12.0. The maximum absolute atomic E-state index is 12.8. The molecule has 0 bridgehead atoms. The summed E-state index contributed by atoms with van der Waals surface area (Å²) in [5, 5.41) is 0.799. The van der Waals surface area contributed by atoms with Gasteiger partial charge in [-0.1, -0.05) is 15.9 Å². The normalized spacial score (nSPS) is 10.4. The molecule has 0 unspecified atom stereocenters. The Bertz CT molecular complexity index is 346. The second-order valence-corrected chi connectivity index (χ2v) is 4.40. The third-order valence-corrected chi connectivity index (χ3v) is 2.76. The summed E-state index contributed by atoms with van der Waals surface area (Å²) in [4.78, 5) is 11.3. The molecular weight excluding hydrogens is 278 g/mol. The molecule has 16 heavy (non-hydrogen) atoms. The van der Waals surface area contributed by atoms with Crippen molar-refractivity contribution in [3.8, 4) is 0 Å². The summed E-state index contributed by atoms with van der Waals surface area (Å²) >= 11 is 3.24. The maximum atomic E-state index is 12.8. The van der Waals surface area contributed by atoms with Crippen molar-refractivity contribution in [1.29, 1.82) is 0 Å². The summed E-state index contributed by atoms with van der Waals surface area (Å²) in [5.74, 6) is -1.06. The van der Waals surface area contributed by atoms with E-state index in [0.29, 0.717) is 24.8 Å². The van der Waals surface area contributed by atoms with E-state index in [1.54, 1.807) is 0 Å². The Balaban J connectivity index is 2.45. The fourth-order valence-electron chi connectivity index (χ4n) is 1.43. The molecule has 0 aliphatic carbocycles. The molecule has 0 aliphatic heterocycles. The molecule has 0 N–H and O–H groups in total. The Kier molecular flexibility index (Phi) is 5.60. The van der Waals surface area contributed by atoms with Crippen LogP contribution in [-0.2, 0) is 11.2 Å². The SMILES string of the molecule is O=C(CCCBr)CCc1cc(F)cc(F)c1. The first-order chi connectivity index (χ1) is 7.61. The second-order valence-electron chi connectivity index (χ2n) is 3.61. The van der Waals surface area contributed by atoms with Gasteiger partial charge in [-0.25, -0.2) is 8.78 Å². The van der Waals surface area contributed by atoms with Gasteiger partial charge in [-0.05, 0) is 30.5 Å². The highest BCUT2D eigenvalue weighted by Gasteiger charge is 2.04. The Hall–Kier alpha value is -0.770. The van der Waals surface area contributed by atoms with Crippen LogP contribution < -0.4 is 0 Å². The van der Waals surface area contributed by atoms with E-state index in [4.69, 9.17) is 0 Å². The Morgan fingerprint density at radius 1 is 1.12 bits per heavy atom. The highest BCUT2D eigenvalue weighted by molar-refractivity contribution is 9.09. The van der Waals surface area contributed by atoms with Crippen molar-refractivity contribution in [2.45, 2.75) is 25.7 Å². The van der Waals surface area contributed by atoms with Crippen molar-refractivity contribution in [2.75, 3.05) is 5.33 Å². The average Bonchev–Trinajstić information content (AvgIpc) is 2.22. The first-order valence-electron chi connectivity index (χ1n) is 5.14. The van der Waals surface area contributed by atoms with Crippen LogP contribution in [-0.4, -0.2) is 11.1 Å². The molecule has 1 aromatic rings. The van der Waals surface area contributed by atoms with Gasteiger partial charge in [-0.3, -0.25) is 4.79 Å². The molecule has 88 valence electrons. The van der Waals surface area contributed by atoms with E-state index >= 15 is 0 Å². The molecule has 1 aromatic carbocycles. The third kappa shape index (κ3) is 4.84. The van der Waals surface area contributed by atoms with E-state index in [2.05, 4.69) is 15.9 Å². The summed E-state index contributed by atoms with van der Waals surface area (Å²) in [5.41, 5.74) is 0.532. The lowest BCUT2D eigenvalue weighted by atomic mass is 10.1. The van der Waals surface area contributed by atoms with Gasteiger partial charge in [0.25, 0.3) is 0 Å². The molecule has 0 fully saturated rings. The number of Topliss-reactive ketones (excluding diaryl/α,β-unsaturated/α-hetero) is 1. The van der Waals surface area contributed by atoms with Crippen LogP contribution in [0.1, 0.15) is 24.8 Å². The van der Waals surface area contributed by atoms with Crippen LogP contribution in [0.4, 0.5) is 8.78 Å². The zero-order valence-electron chi connectivity index (χ0n) is 8.81. The van der Waals surface area contributed by atoms with E-state index in [1.165, 1.54) is 12.1 Å². The Labute approximate surface area is 102 Å². The molecular formula is C12H13BrF2O. The van der Waals surface area contributed by atoms with E-state index in [9.17, 15) is 13.6 Å². The third-order valence-electron chi connectivity index (χ3n) is 2.20. The van der Waals surface area contributed by atoms with Gasteiger partial charge in [0, 0.05) is 24.2 Å². The van der Waals surface area contributed by atoms with Crippen molar-refractivity contribution in [3.63, 3.8) is 0 Å². The minimum absolute atomic E-state index is 0.129. The van der Waals surface area contributed by atoms with Crippen LogP contribution in [0.3, 0.4) is 0 Å². The lowest BCUT2D eigenvalue weighted by Crippen LogP contribution is -2.01. The van der Waals surface area contributed by atoms with Gasteiger partial charge in [0.05, 0.1) is 0 Å². The van der Waals surface area contributed by atoms with E-state index in [-0.39, 0.29) is 5.78 Å². The molecule has 0 atom stereocenters. The first kappa shape index (κ1) is 13.3. The minimum Gasteiger partial charge on any atom is -0.300 e. The molecule has 0 aliphatic rings. The van der Waals surface area contributed by atoms with Crippen LogP contribution in [0.5, 0.6) is 0 Å². The molecule has 1 rings (SSSR count). The molecule has 0 saturated carbocycles. The van der Waals surface area contributed by atoms with Crippen LogP contribution in [0, 0.1) is 11.6 Å². The van der Waals surface area contributed by atoms with Gasteiger partial charge >= 0.3 is 0 Å². The number of hydrogen-bond acceptors (Lipinski definition) is 1. The monoisotopic (exact) mass is 290 g/mol. The molecule has 0 radical (unpaired) electrons. The number of carbonyl (C=O) groups excluding carboxylic acids is 1. The van der Waals surface area contributed by atoms with Crippen molar-refractivity contribution in [2.24, 2.45) is 0 Å². The Morgan fingerprint density at radius 3 is 2.31 bits per heavy atom. The fourth-order valence-corrected chi connectivity index (χ4v) is 1.71. The molecule has 0 aromatic heterocycles. The standard InChI is InChI=1S/C12H13BrF2O/c13-5-1-2-12(16)4-3-9-6-10(14)8-11(15)7-9/h6-8H,1-5H2. The number of aryl methyl sites for hydroxylation is 1. The number of benzene rings is 1. The quantitative estimate of drug-likeness (QED) is 0.731. The number of carbonyl (C=O) groups is 1. The number of ketones is 1. The van der Waals surface area contributed by atoms with E-state index in [0.717, 1.165) is 17.8 Å². The maximum Gasteiger partial charge on any atom is 0.133 e. The lowest BCUT2D eigenvalue weighted by molar-refractivity contribution is -0.119. The van der Waals surface area contributed by atoms with Crippen molar-refractivity contribution in [3.05, 3.63) is 35.4 Å².